The number of aliphatic carboxylic acids is 1. The molecule has 0 fully saturated rings. The van der Waals surface area contributed by atoms with Gasteiger partial charge >= 0.3 is 5.97 Å². The molecule has 1 heterocycles. The number of carboxylic acid groups (broad SMARTS) is 1. The molecular formula is C24H35N7O6. The van der Waals surface area contributed by atoms with E-state index in [1.807, 2.05) is 24.3 Å². The van der Waals surface area contributed by atoms with E-state index in [2.05, 4.69) is 20.9 Å². The number of nitrogens with two attached hydrogens (primary N) is 3. The second-order valence-electron chi connectivity index (χ2n) is 8.82. The second kappa shape index (κ2) is 13.9. The Morgan fingerprint density at radius 1 is 0.973 bits per heavy atom. The highest BCUT2D eigenvalue weighted by Gasteiger charge is 2.29. The van der Waals surface area contributed by atoms with E-state index in [9.17, 15) is 29.1 Å². The highest BCUT2D eigenvalue weighted by Crippen LogP contribution is 2.19. The summed E-state index contributed by atoms with van der Waals surface area (Å²) in [7, 11) is 0. The summed E-state index contributed by atoms with van der Waals surface area (Å²) >= 11 is 0. The zero-order valence-corrected chi connectivity index (χ0v) is 20.7. The number of fused-ring (bicyclic) bond motifs is 1. The van der Waals surface area contributed by atoms with E-state index in [-0.39, 0.29) is 6.42 Å². The number of H-pyrrole nitrogens is 1. The summed E-state index contributed by atoms with van der Waals surface area (Å²) in [5.74, 6) is -4.39. The van der Waals surface area contributed by atoms with Crippen molar-refractivity contribution in [3.05, 3.63) is 36.0 Å². The fourth-order valence-electron chi connectivity index (χ4n) is 3.73. The highest BCUT2D eigenvalue weighted by atomic mass is 16.4. The van der Waals surface area contributed by atoms with Gasteiger partial charge in [0.15, 0.2) is 0 Å². The molecule has 0 spiro atoms. The molecule has 11 N–H and O–H groups in total. The number of primary amides is 1. The van der Waals surface area contributed by atoms with E-state index in [0.29, 0.717) is 25.8 Å². The molecule has 0 saturated heterocycles. The number of nitrogens with one attached hydrogen (secondary N) is 4. The first kappa shape index (κ1) is 29.3. The van der Waals surface area contributed by atoms with Crippen molar-refractivity contribution in [2.24, 2.45) is 17.2 Å². The fourth-order valence-corrected chi connectivity index (χ4v) is 3.73. The Morgan fingerprint density at radius 2 is 1.65 bits per heavy atom. The van der Waals surface area contributed by atoms with Gasteiger partial charge in [-0.1, -0.05) is 24.6 Å². The minimum absolute atomic E-state index is 0.102. The van der Waals surface area contributed by atoms with Gasteiger partial charge in [-0.2, -0.15) is 0 Å². The van der Waals surface area contributed by atoms with Crippen molar-refractivity contribution in [3.63, 3.8) is 0 Å². The maximum absolute atomic E-state index is 13.2. The highest BCUT2D eigenvalue weighted by molar-refractivity contribution is 5.95. The van der Waals surface area contributed by atoms with Crippen LogP contribution in [0.2, 0.25) is 0 Å². The summed E-state index contributed by atoms with van der Waals surface area (Å²) in [4.78, 5) is 63.9. The van der Waals surface area contributed by atoms with Gasteiger partial charge in [-0.15, -0.1) is 0 Å². The quantitative estimate of drug-likeness (QED) is 0.130. The number of aromatic amines is 1. The van der Waals surface area contributed by atoms with Gasteiger partial charge in [0.2, 0.25) is 23.6 Å². The van der Waals surface area contributed by atoms with Crippen LogP contribution in [0.3, 0.4) is 0 Å². The first-order valence-electron chi connectivity index (χ1n) is 12.0. The van der Waals surface area contributed by atoms with Gasteiger partial charge in [0.05, 0.1) is 12.5 Å². The van der Waals surface area contributed by atoms with Crippen LogP contribution in [-0.2, 0) is 30.4 Å². The third-order valence-corrected chi connectivity index (χ3v) is 5.81. The summed E-state index contributed by atoms with van der Waals surface area (Å²) < 4.78 is 0. The third-order valence-electron chi connectivity index (χ3n) is 5.81. The molecule has 4 amide bonds. The Kier molecular flexibility index (Phi) is 11.0. The molecule has 1 aromatic heterocycles. The van der Waals surface area contributed by atoms with Crippen LogP contribution in [-0.4, -0.2) is 70.4 Å². The van der Waals surface area contributed by atoms with Gasteiger partial charge in [0.1, 0.15) is 18.1 Å². The topological polar surface area (TPSA) is 236 Å². The van der Waals surface area contributed by atoms with Gasteiger partial charge in [0, 0.05) is 23.5 Å². The van der Waals surface area contributed by atoms with Crippen molar-refractivity contribution in [2.45, 2.75) is 63.2 Å². The first-order valence-corrected chi connectivity index (χ1v) is 12.0. The molecule has 4 unspecified atom stereocenters. The number of carboxylic acids is 1. The van der Waals surface area contributed by atoms with Gasteiger partial charge in [-0.05, 0) is 37.9 Å². The lowest BCUT2D eigenvalue weighted by Gasteiger charge is -2.23. The number of hydrogen-bond donors (Lipinski definition) is 8. The number of hydrogen-bond acceptors (Lipinski definition) is 7. The zero-order chi connectivity index (χ0) is 27.5. The SMILES string of the molecule is CC(NC(=O)C(Cc1c[nH]c2ccccc12)NC(=O)C(N)CCCCN)C(=O)NC(CC(N)=O)C(=O)O. The molecule has 1 aromatic carbocycles. The van der Waals surface area contributed by atoms with Crippen molar-refractivity contribution in [1.29, 1.82) is 0 Å². The average Bonchev–Trinajstić information content (AvgIpc) is 3.25. The molecule has 0 saturated carbocycles. The van der Waals surface area contributed by atoms with E-state index in [4.69, 9.17) is 17.2 Å². The van der Waals surface area contributed by atoms with Gasteiger partial charge in [0.25, 0.3) is 0 Å². The molecule has 13 heteroatoms. The van der Waals surface area contributed by atoms with E-state index in [0.717, 1.165) is 16.5 Å². The van der Waals surface area contributed by atoms with Crippen LogP contribution in [0.1, 0.15) is 38.2 Å². The average molecular weight is 518 g/mol. The van der Waals surface area contributed by atoms with E-state index in [1.165, 1.54) is 6.92 Å². The van der Waals surface area contributed by atoms with E-state index >= 15 is 0 Å². The van der Waals surface area contributed by atoms with Crippen molar-refractivity contribution in [1.82, 2.24) is 20.9 Å². The van der Waals surface area contributed by atoms with Crippen LogP contribution in [0.25, 0.3) is 10.9 Å². The Hall–Kier alpha value is -3.97. The minimum atomic E-state index is -1.54. The molecule has 0 aliphatic rings. The zero-order valence-electron chi connectivity index (χ0n) is 20.7. The standard InChI is InChI=1S/C24H35N7O6/c1-13(21(33)31-19(24(36)37)11-20(27)32)29-23(35)18(30-22(34)16(26)7-4-5-9-25)10-14-12-28-17-8-3-2-6-15(14)17/h2-3,6,8,12-13,16,18-19,28H,4-5,7,9-11,25-26H2,1H3,(H2,27,32)(H,29,35)(H,30,34)(H,31,33)(H,36,37). The molecule has 13 nitrogen and oxygen atoms in total. The number of carbonyl (C=O) groups is 5. The summed E-state index contributed by atoms with van der Waals surface area (Å²) in [6.45, 7) is 1.82. The van der Waals surface area contributed by atoms with Crippen molar-refractivity contribution in [2.75, 3.05) is 6.54 Å². The van der Waals surface area contributed by atoms with Crippen molar-refractivity contribution in [3.8, 4) is 0 Å². The van der Waals surface area contributed by atoms with Gasteiger partial charge < -0.3 is 43.2 Å². The van der Waals surface area contributed by atoms with Crippen LogP contribution >= 0.6 is 0 Å². The molecule has 0 bridgehead atoms. The molecule has 202 valence electrons. The smallest absolute Gasteiger partial charge is 0.326 e. The summed E-state index contributed by atoms with van der Waals surface area (Å²) in [6, 6.07) is 2.80. The molecule has 4 atom stereocenters. The Morgan fingerprint density at radius 3 is 2.30 bits per heavy atom. The largest absolute Gasteiger partial charge is 0.480 e. The lowest BCUT2D eigenvalue weighted by molar-refractivity contribution is -0.143. The predicted molar refractivity (Wildman–Crippen MR) is 136 cm³/mol. The van der Waals surface area contributed by atoms with Gasteiger partial charge in [-0.25, -0.2) is 4.79 Å². The summed E-state index contributed by atoms with van der Waals surface area (Å²) in [5.41, 5.74) is 18.1. The number of unbranched alkanes of at least 4 members (excludes halogenated alkanes) is 1. The second-order valence-corrected chi connectivity index (χ2v) is 8.82. The number of benzene rings is 1. The third kappa shape index (κ3) is 8.88. The Bertz CT molecular complexity index is 1120. The Labute approximate surface area is 213 Å². The summed E-state index contributed by atoms with van der Waals surface area (Å²) in [6.07, 6.45) is 2.97. The molecule has 0 aliphatic carbocycles. The number of carbonyl (C=O) groups excluding carboxylic acids is 4. The van der Waals surface area contributed by atoms with Crippen molar-refractivity contribution < 1.29 is 29.1 Å². The maximum atomic E-state index is 13.2. The maximum Gasteiger partial charge on any atom is 0.326 e. The predicted octanol–water partition coefficient (Wildman–Crippen LogP) is -1.40. The first-order chi connectivity index (χ1) is 17.5. The fraction of sp³-hybridized carbons (Fsp3) is 0.458. The summed E-state index contributed by atoms with van der Waals surface area (Å²) in [5, 5.41) is 17.4. The lowest BCUT2D eigenvalue weighted by Crippen LogP contribution is -2.57. The molecular weight excluding hydrogens is 482 g/mol. The lowest BCUT2D eigenvalue weighted by atomic mass is 10.0. The number of amides is 4. The normalized spacial score (nSPS) is 14.2. The minimum Gasteiger partial charge on any atom is -0.480 e. The van der Waals surface area contributed by atoms with E-state index < -0.39 is 60.2 Å². The van der Waals surface area contributed by atoms with Crippen LogP contribution in [0.15, 0.2) is 30.5 Å². The molecule has 2 aromatic rings. The van der Waals surface area contributed by atoms with E-state index in [1.54, 1.807) is 6.20 Å². The number of rotatable bonds is 15. The van der Waals surface area contributed by atoms with Crippen LogP contribution in [0.4, 0.5) is 0 Å². The molecule has 37 heavy (non-hydrogen) atoms. The monoisotopic (exact) mass is 517 g/mol. The molecule has 0 aliphatic heterocycles. The van der Waals surface area contributed by atoms with Crippen molar-refractivity contribution >= 4 is 40.5 Å². The van der Waals surface area contributed by atoms with Crippen LogP contribution in [0.5, 0.6) is 0 Å². The van der Waals surface area contributed by atoms with Gasteiger partial charge in [-0.3, -0.25) is 19.2 Å². The number of para-hydroxylation sites is 1. The molecule has 2 rings (SSSR count). The van der Waals surface area contributed by atoms with Crippen LogP contribution < -0.4 is 33.2 Å². The Balaban J connectivity index is 2.16. The molecule has 0 radical (unpaired) electrons. The van der Waals surface area contributed by atoms with Crippen LogP contribution in [0, 0.1) is 0 Å². The number of aromatic nitrogens is 1.